The first kappa shape index (κ1) is 20.1. The number of thiazole rings is 1. The Kier molecular flexibility index (Phi) is 7.20. The van der Waals surface area contributed by atoms with Crippen LogP contribution in [0, 0.1) is 6.92 Å². The molecule has 3 aromatic rings. The lowest BCUT2D eigenvalue weighted by Crippen LogP contribution is -2.25. The molecular weight excluding hydrogens is 368 g/mol. The Balaban J connectivity index is 1.50. The van der Waals surface area contributed by atoms with E-state index in [1.54, 1.807) is 23.5 Å². The van der Waals surface area contributed by atoms with E-state index in [9.17, 15) is 4.79 Å². The van der Waals surface area contributed by atoms with Gasteiger partial charge in [0, 0.05) is 29.5 Å². The molecule has 1 amide bonds. The molecule has 1 aromatic heterocycles. The highest BCUT2D eigenvalue weighted by atomic mass is 32.1. The highest BCUT2D eigenvalue weighted by Gasteiger charge is 2.08. The van der Waals surface area contributed by atoms with E-state index < -0.39 is 0 Å². The number of nitrogens with zero attached hydrogens (tertiary/aromatic N) is 1. The Morgan fingerprint density at radius 1 is 1.18 bits per heavy atom. The second-order valence-corrected chi connectivity index (χ2v) is 7.60. The maximum atomic E-state index is 12.4. The van der Waals surface area contributed by atoms with Gasteiger partial charge in [0.1, 0.15) is 10.8 Å². The standard InChI is InChI=1S/C23H26N2O2S/c1-3-4-14-27-21-7-5-6-19(15-21)22(26)24-13-12-20-16-28-23(25-20)18-10-8-17(2)9-11-18/h5-11,15-16H,3-4,12-14H2,1-2H3,(H,24,26). The summed E-state index contributed by atoms with van der Waals surface area (Å²) in [5.41, 5.74) is 3.99. The van der Waals surface area contributed by atoms with Gasteiger partial charge in [-0.15, -0.1) is 11.3 Å². The van der Waals surface area contributed by atoms with Crippen LogP contribution in [0.3, 0.4) is 0 Å². The summed E-state index contributed by atoms with van der Waals surface area (Å²) in [5.74, 6) is 0.651. The van der Waals surface area contributed by atoms with Crippen molar-refractivity contribution < 1.29 is 9.53 Å². The molecule has 146 valence electrons. The summed E-state index contributed by atoms with van der Waals surface area (Å²) in [6, 6.07) is 15.7. The number of ether oxygens (including phenoxy) is 1. The van der Waals surface area contributed by atoms with E-state index in [0.29, 0.717) is 25.1 Å². The number of unbranched alkanes of at least 4 members (excludes halogenated alkanes) is 1. The Hall–Kier alpha value is -2.66. The van der Waals surface area contributed by atoms with Crippen LogP contribution in [-0.2, 0) is 6.42 Å². The van der Waals surface area contributed by atoms with Crippen molar-refractivity contribution in [3.8, 4) is 16.3 Å². The Morgan fingerprint density at radius 2 is 2.00 bits per heavy atom. The first-order valence-electron chi connectivity index (χ1n) is 9.68. The number of aromatic nitrogens is 1. The predicted octanol–water partition coefficient (Wildman–Crippen LogP) is 5.27. The normalized spacial score (nSPS) is 10.6. The summed E-state index contributed by atoms with van der Waals surface area (Å²) >= 11 is 1.63. The van der Waals surface area contributed by atoms with Gasteiger partial charge in [-0.1, -0.05) is 49.2 Å². The van der Waals surface area contributed by atoms with Gasteiger partial charge in [-0.25, -0.2) is 4.98 Å². The zero-order valence-electron chi connectivity index (χ0n) is 16.4. The van der Waals surface area contributed by atoms with Gasteiger partial charge in [0.05, 0.1) is 12.3 Å². The van der Waals surface area contributed by atoms with Crippen LogP contribution in [-0.4, -0.2) is 24.0 Å². The predicted molar refractivity (Wildman–Crippen MR) is 115 cm³/mol. The molecule has 1 N–H and O–H groups in total. The lowest BCUT2D eigenvalue weighted by atomic mass is 10.2. The van der Waals surface area contributed by atoms with Crippen LogP contribution in [0.15, 0.2) is 53.9 Å². The molecule has 2 aromatic carbocycles. The van der Waals surface area contributed by atoms with E-state index in [1.807, 2.05) is 12.1 Å². The highest BCUT2D eigenvalue weighted by Crippen LogP contribution is 2.24. The van der Waals surface area contributed by atoms with Crippen LogP contribution in [0.1, 0.15) is 41.4 Å². The molecule has 0 aliphatic carbocycles. The van der Waals surface area contributed by atoms with Gasteiger partial charge in [-0.05, 0) is 31.5 Å². The molecule has 0 saturated carbocycles. The molecule has 4 nitrogen and oxygen atoms in total. The first-order valence-corrected chi connectivity index (χ1v) is 10.6. The molecule has 3 rings (SSSR count). The first-order chi connectivity index (χ1) is 13.7. The van der Waals surface area contributed by atoms with Crippen molar-refractivity contribution in [3.63, 3.8) is 0 Å². The fourth-order valence-corrected chi connectivity index (χ4v) is 3.58. The number of carbonyl (C=O) groups is 1. The minimum atomic E-state index is -0.0880. The van der Waals surface area contributed by atoms with Crippen LogP contribution in [0.4, 0.5) is 0 Å². The fraction of sp³-hybridized carbons (Fsp3) is 0.304. The van der Waals surface area contributed by atoms with Crippen LogP contribution in [0.2, 0.25) is 0 Å². The monoisotopic (exact) mass is 394 g/mol. The number of benzene rings is 2. The molecule has 0 saturated heterocycles. The van der Waals surface area contributed by atoms with Gasteiger partial charge in [-0.3, -0.25) is 4.79 Å². The second kappa shape index (κ2) is 10.0. The van der Waals surface area contributed by atoms with Crippen molar-refractivity contribution in [2.45, 2.75) is 33.1 Å². The van der Waals surface area contributed by atoms with E-state index in [0.717, 1.165) is 34.9 Å². The quantitative estimate of drug-likeness (QED) is 0.503. The van der Waals surface area contributed by atoms with Gasteiger partial charge >= 0.3 is 0 Å². The number of carbonyl (C=O) groups excluding carboxylic acids is 1. The van der Waals surface area contributed by atoms with E-state index in [-0.39, 0.29) is 5.91 Å². The third kappa shape index (κ3) is 5.67. The number of aryl methyl sites for hydroxylation is 1. The summed E-state index contributed by atoms with van der Waals surface area (Å²) < 4.78 is 5.67. The van der Waals surface area contributed by atoms with Gasteiger partial charge < -0.3 is 10.1 Å². The number of nitrogens with one attached hydrogen (secondary N) is 1. The Labute approximate surface area is 170 Å². The summed E-state index contributed by atoms with van der Waals surface area (Å²) in [5, 5.41) is 6.04. The molecule has 28 heavy (non-hydrogen) atoms. The minimum absolute atomic E-state index is 0.0880. The zero-order valence-corrected chi connectivity index (χ0v) is 17.2. The third-order valence-electron chi connectivity index (χ3n) is 4.38. The van der Waals surface area contributed by atoms with Crippen molar-refractivity contribution in [1.29, 1.82) is 0 Å². The lowest BCUT2D eigenvalue weighted by molar-refractivity contribution is 0.0953. The molecule has 0 aliphatic heterocycles. The molecule has 1 heterocycles. The average Bonchev–Trinajstić information content (AvgIpc) is 3.18. The summed E-state index contributed by atoms with van der Waals surface area (Å²) in [4.78, 5) is 17.1. The van der Waals surface area contributed by atoms with Gasteiger partial charge in [0.25, 0.3) is 5.91 Å². The maximum Gasteiger partial charge on any atom is 0.251 e. The van der Waals surface area contributed by atoms with Crippen molar-refractivity contribution >= 4 is 17.2 Å². The topological polar surface area (TPSA) is 51.2 Å². The summed E-state index contributed by atoms with van der Waals surface area (Å²) in [6.07, 6.45) is 2.80. The van der Waals surface area contributed by atoms with E-state index in [4.69, 9.17) is 4.74 Å². The molecule has 5 heteroatoms. The van der Waals surface area contributed by atoms with Gasteiger partial charge in [0.15, 0.2) is 0 Å². The third-order valence-corrected chi connectivity index (χ3v) is 5.32. The smallest absolute Gasteiger partial charge is 0.251 e. The van der Waals surface area contributed by atoms with Crippen molar-refractivity contribution in [2.24, 2.45) is 0 Å². The number of amides is 1. The summed E-state index contributed by atoms with van der Waals surface area (Å²) in [7, 11) is 0. The Morgan fingerprint density at radius 3 is 2.79 bits per heavy atom. The average molecular weight is 395 g/mol. The molecule has 0 spiro atoms. The SMILES string of the molecule is CCCCOc1cccc(C(=O)NCCc2csc(-c3ccc(C)cc3)n2)c1. The Bertz CT molecular complexity index is 903. The van der Waals surface area contributed by atoms with Gasteiger partial charge in [-0.2, -0.15) is 0 Å². The molecule has 0 bridgehead atoms. The molecular formula is C23H26N2O2S. The minimum Gasteiger partial charge on any atom is -0.494 e. The number of hydrogen-bond donors (Lipinski definition) is 1. The molecule has 0 fully saturated rings. The largest absolute Gasteiger partial charge is 0.494 e. The van der Waals surface area contributed by atoms with Crippen LogP contribution >= 0.6 is 11.3 Å². The van der Waals surface area contributed by atoms with Crippen LogP contribution in [0.5, 0.6) is 5.75 Å². The summed E-state index contributed by atoms with van der Waals surface area (Å²) in [6.45, 7) is 5.43. The fourth-order valence-electron chi connectivity index (χ4n) is 2.72. The number of hydrogen-bond acceptors (Lipinski definition) is 4. The second-order valence-electron chi connectivity index (χ2n) is 6.75. The van der Waals surface area contributed by atoms with Gasteiger partial charge in [0.2, 0.25) is 0 Å². The van der Waals surface area contributed by atoms with Crippen molar-refractivity contribution in [2.75, 3.05) is 13.2 Å². The van der Waals surface area contributed by atoms with Crippen molar-refractivity contribution in [1.82, 2.24) is 10.3 Å². The zero-order chi connectivity index (χ0) is 19.8. The maximum absolute atomic E-state index is 12.4. The molecule has 0 radical (unpaired) electrons. The van der Waals surface area contributed by atoms with Crippen molar-refractivity contribution in [3.05, 3.63) is 70.7 Å². The molecule has 0 atom stereocenters. The van der Waals surface area contributed by atoms with Crippen LogP contribution in [0.25, 0.3) is 10.6 Å². The van der Waals surface area contributed by atoms with E-state index in [2.05, 4.69) is 53.8 Å². The van der Waals surface area contributed by atoms with E-state index >= 15 is 0 Å². The lowest BCUT2D eigenvalue weighted by Gasteiger charge is -2.08. The van der Waals surface area contributed by atoms with E-state index in [1.165, 1.54) is 5.56 Å². The van der Waals surface area contributed by atoms with Crippen LogP contribution < -0.4 is 10.1 Å². The molecule has 0 unspecified atom stereocenters. The molecule has 0 aliphatic rings. The highest BCUT2D eigenvalue weighted by molar-refractivity contribution is 7.13. The number of rotatable bonds is 9.